The molecular formula is C14H24N6. The van der Waals surface area contributed by atoms with Gasteiger partial charge in [0.05, 0.1) is 5.69 Å². The van der Waals surface area contributed by atoms with Crippen molar-refractivity contribution in [1.82, 2.24) is 29.9 Å². The SMILES string of the molecule is CC(C)CNCc1ccnn1Cc1ncnn1C(C)C. The molecule has 0 saturated heterocycles. The normalized spacial score (nSPS) is 11.7. The van der Waals surface area contributed by atoms with Gasteiger partial charge in [-0.3, -0.25) is 4.68 Å². The van der Waals surface area contributed by atoms with Crippen LogP contribution in [-0.4, -0.2) is 31.1 Å². The summed E-state index contributed by atoms with van der Waals surface area (Å²) < 4.78 is 3.92. The minimum atomic E-state index is 0.311. The van der Waals surface area contributed by atoms with Crippen LogP contribution in [0.4, 0.5) is 0 Å². The topological polar surface area (TPSA) is 60.6 Å². The van der Waals surface area contributed by atoms with Gasteiger partial charge in [-0.2, -0.15) is 10.2 Å². The van der Waals surface area contributed by atoms with E-state index >= 15 is 0 Å². The van der Waals surface area contributed by atoms with Gasteiger partial charge in [-0.15, -0.1) is 0 Å². The highest BCUT2D eigenvalue weighted by Gasteiger charge is 2.10. The van der Waals surface area contributed by atoms with Crippen LogP contribution in [0.3, 0.4) is 0 Å². The van der Waals surface area contributed by atoms with E-state index < -0.39 is 0 Å². The molecule has 0 spiro atoms. The van der Waals surface area contributed by atoms with Crippen molar-refractivity contribution in [2.45, 2.75) is 46.8 Å². The maximum atomic E-state index is 4.38. The van der Waals surface area contributed by atoms with E-state index in [1.165, 1.54) is 5.69 Å². The molecule has 110 valence electrons. The van der Waals surface area contributed by atoms with Crippen molar-refractivity contribution in [3.8, 4) is 0 Å². The quantitative estimate of drug-likeness (QED) is 0.838. The molecule has 0 atom stereocenters. The summed E-state index contributed by atoms with van der Waals surface area (Å²) in [5.41, 5.74) is 1.17. The van der Waals surface area contributed by atoms with Crippen LogP contribution in [0.1, 0.15) is 45.3 Å². The van der Waals surface area contributed by atoms with E-state index in [0.29, 0.717) is 18.5 Å². The molecule has 2 heterocycles. The van der Waals surface area contributed by atoms with Crippen LogP contribution >= 0.6 is 0 Å². The molecule has 20 heavy (non-hydrogen) atoms. The highest BCUT2D eigenvalue weighted by Crippen LogP contribution is 2.08. The van der Waals surface area contributed by atoms with Crippen molar-refractivity contribution in [3.05, 3.63) is 30.1 Å². The summed E-state index contributed by atoms with van der Waals surface area (Å²) in [5.74, 6) is 1.59. The largest absolute Gasteiger partial charge is 0.311 e. The number of nitrogens with one attached hydrogen (secondary N) is 1. The van der Waals surface area contributed by atoms with Crippen molar-refractivity contribution in [1.29, 1.82) is 0 Å². The molecule has 0 aliphatic carbocycles. The lowest BCUT2D eigenvalue weighted by Gasteiger charge is -2.12. The third-order valence-corrected chi connectivity index (χ3v) is 3.09. The molecule has 6 nitrogen and oxygen atoms in total. The van der Waals surface area contributed by atoms with Crippen molar-refractivity contribution < 1.29 is 0 Å². The Morgan fingerprint density at radius 2 is 2.00 bits per heavy atom. The number of rotatable bonds is 7. The van der Waals surface area contributed by atoms with Gasteiger partial charge in [0.1, 0.15) is 18.7 Å². The molecule has 0 aromatic carbocycles. The molecule has 2 aromatic heterocycles. The first-order valence-electron chi connectivity index (χ1n) is 7.17. The van der Waals surface area contributed by atoms with Gasteiger partial charge in [-0.05, 0) is 32.4 Å². The van der Waals surface area contributed by atoms with E-state index in [1.54, 1.807) is 6.33 Å². The summed E-state index contributed by atoms with van der Waals surface area (Å²) in [4.78, 5) is 4.33. The van der Waals surface area contributed by atoms with Crippen LogP contribution < -0.4 is 5.32 Å². The van der Waals surface area contributed by atoms with E-state index in [2.05, 4.69) is 48.2 Å². The van der Waals surface area contributed by atoms with Gasteiger partial charge < -0.3 is 5.32 Å². The van der Waals surface area contributed by atoms with E-state index in [1.807, 2.05) is 21.6 Å². The summed E-state index contributed by atoms with van der Waals surface area (Å²) in [7, 11) is 0. The average Bonchev–Trinajstić information content (AvgIpc) is 2.99. The van der Waals surface area contributed by atoms with Gasteiger partial charge in [-0.25, -0.2) is 9.67 Å². The predicted octanol–water partition coefficient (Wildman–Crippen LogP) is 1.85. The molecule has 0 amide bonds. The Morgan fingerprint density at radius 1 is 1.20 bits per heavy atom. The zero-order valence-corrected chi connectivity index (χ0v) is 12.7. The summed E-state index contributed by atoms with van der Waals surface area (Å²) >= 11 is 0. The van der Waals surface area contributed by atoms with Gasteiger partial charge >= 0.3 is 0 Å². The van der Waals surface area contributed by atoms with Gasteiger partial charge in [0.2, 0.25) is 0 Å². The summed E-state index contributed by atoms with van der Waals surface area (Å²) in [6.07, 6.45) is 3.44. The van der Waals surface area contributed by atoms with Crippen LogP contribution in [0.15, 0.2) is 18.6 Å². The lowest BCUT2D eigenvalue weighted by Crippen LogP contribution is -2.22. The van der Waals surface area contributed by atoms with Crippen molar-refractivity contribution in [2.24, 2.45) is 5.92 Å². The lowest BCUT2D eigenvalue weighted by molar-refractivity contribution is 0.477. The molecule has 2 rings (SSSR count). The van der Waals surface area contributed by atoms with Crippen molar-refractivity contribution in [2.75, 3.05) is 6.54 Å². The fourth-order valence-electron chi connectivity index (χ4n) is 2.09. The van der Waals surface area contributed by atoms with Crippen molar-refractivity contribution in [3.63, 3.8) is 0 Å². The molecule has 0 saturated carbocycles. The molecule has 0 radical (unpaired) electrons. The smallest absolute Gasteiger partial charge is 0.148 e. The average molecular weight is 276 g/mol. The Morgan fingerprint density at radius 3 is 2.70 bits per heavy atom. The zero-order valence-electron chi connectivity index (χ0n) is 12.7. The van der Waals surface area contributed by atoms with E-state index in [-0.39, 0.29) is 0 Å². The molecule has 0 unspecified atom stereocenters. The summed E-state index contributed by atoms with van der Waals surface area (Å²) in [6.45, 7) is 11.1. The van der Waals surface area contributed by atoms with Crippen LogP contribution in [0.5, 0.6) is 0 Å². The van der Waals surface area contributed by atoms with E-state index in [4.69, 9.17) is 0 Å². The predicted molar refractivity (Wildman–Crippen MR) is 78.3 cm³/mol. The van der Waals surface area contributed by atoms with Gasteiger partial charge in [-0.1, -0.05) is 13.8 Å². The minimum Gasteiger partial charge on any atom is -0.311 e. The maximum Gasteiger partial charge on any atom is 0.148 e. The molecular weight excluding hydrogens is 252 g/mol. The summed E-state index contributed by atoms with van der Waals surface area (Å²) in [5, 5.41) is 12.1. The molecule has 0 bridgehead atoms. The monoisotopic (exact) mass is 276 g/mol. The fraction of sp³-hybridized carbons (Fsp3) is 0.643. The number of aromatic nitrogens is 5. The maximum absolute atomic E-state index is 4.38. The number of nitrogens with zero attached hydrogens (tertiary/aromatic N) is 5. The second kappa shape index (κ2) is 6.65. The van der Waals surface area contributed by atoms with Crippen LogP contribution in [0.2, 0.25) is 0 Å². The van der Waals surface area contributed by atoms with Gasteiger partial charge in [0.25, 0.3) is 0 Å². The molecule has 0 fully saturated rings. The number of hydrogen-bond acceptors (Lipinski definition) is 4. The Labute approximate surface area is 120 Å². The highest BCUT2D eigenvalue weighted by molar-refractivity contribution is 5.02. The molecule has 6 heteroatoms. The first kappa shape index (κ1) is 14.7. The molecule has 0 aliphatic rings. The third-order valence-electron chi connectivity index (χ3n) is 3.09. The second-order valence-electron chi connectivity index (χ2n) is 5.72. The first-order valence-corrected chi connectivity index (χ1v) is 7.17. The van der Waals surface area contributed by atoms with Crippen molar-refractivity contribution >= 4 is 0 Å². The van der Waals surface area contributed by atoms with Crippen LogP contribution in [-0.2, 0) is 13.1 Å². The van der Waals surface area contributed by atoms with Crippen LogP contribution in [0, 0.1) is 5.92 Å². The van der Waals surface area contributed by atoms with E-state index in [0.717, 1.165) is 18.9 Å². The fourth-order valence-corrected chi connectivity index (χ4v) is 2.09. The number of hydrogen-bond donors (Lipinski definition) is 1. The Balaban J connectivity index is 2.03. The van der Waals surface area contributed by atoms with Crippen LogP contribution in [0.25, 0.3) is 0 Å². The Hall–Kier alpha value is -1.69. The first-order chi connectivity index (χ1) is 9.58. The minimum absolute atomic E-state index is 0.311. The molecule has 0 aliphatic heterocycles. The Bertz CT molecular complexity index is 525. The molecule has 1 N–H and O–H groups in total. The van der Waals surface area contributed by atoms with Gasteiger partial charge in [0, 0.05) is 18.8 Å². The van der Waals surface area contributed by atoms with Gasteiger partial charge in [0.15, 0.2) is 0 Å². The molecule has 2 aromatic rings. The summed E-state index contributed by atoms with van der Waals surface area (Å²) in [6, 6.07) is 2.36. The lowest BCUT2D eigenvalue weighted by atomic mass is 10.2. The second-order valence-corrected chi connectivity index (χ2v) is 5.72. The Kier molecular flexibility index (Phi) is 4.89. The third kappa shape index (κ3) is 3.66. The standard InChI is InChI=1S/C14H24N6/c1-11(2)7-15-8-13-5-6-17-19(13)9-14-16-10-18-20(14)12(3)4/h5-6,10-12,15H,7-9H2,1-4H3. The zero-order chi connectivity index (χ0) is 14.5. The van der Waals surface area contributed by atoms with E-state index in [9.17, 15) is 0 Å². The highest BCUT2D eigenvalue weighted by atomic mass is 15.4.